The third-order valence-electron chi connectivity index (χ3n) is 3.55. The summed E-state index contributed by atoms with van der Waals surface area (Å²) >= 11 is 0. The topological polar surface area (TPSA) is 86.7 Å². The van der Waals surface area contributed by atoms with E-state index >= 15 is 0 Å². The zero-order valence-electron chi connectivity index (χ0n) is 12.2. The van der Waals surface area contributed by atoms with Gasteiger partial charge in [0.05, 0.1) is 18.4 Å². The van der Waals surface area contributed by atoms with Gasteiger partial charge < -0.3 is 10.0 Å². The summed E-state index contributed by atoms with van der Waals surface area (Å²) in [4.78, 5) is 13.5. The number of benzene rings is 1. The normalized spacial score (nSPS) is 22.0. The Morgan fingerprint density at radius 1 is 1.36 bits per heavy atom. The maximum absolute atomic E-state index is 12.8. The van der Waals surface area contributed by atoms with Gasteiger partial charge in [0.1, 0.15) is 5.82 Å². The molecule has 2 atom stereocenters. The zero-order chi connectivity index (χ0) is 16.3. The van der Waals surface area contributed by atoms with Crippen molar-refractivity contribution in [3.63, 3.8) is 0 Å². The number of carbonyl (C=O) groups is 1. The molecule has 8 heteroatoms. The van der Waals surface area contributed by atoms with Gasteiger partial charge in [-0.1, -0.05) is 12.1 Å². The minimum Gasteiger partial charge on any atom is -0.390 e. The second-order valence-electron chi connectivity index (χ2n) is 5.49. The molecule has 1 aliphatic heterocycles. The van der Waals surface area contributed by atoms with E-state index in [1.165, 1.54) is 17.0 Å². The molecule has 1 heterocycles. The Kier molecular flexibility index (Phi) is 5.15. The highest BCUT2D eigenvalue weighted by molar-refractivity contribution is 7.88. The summed E-state index contributed by atoms with van der Waals surface area (Å²) in [6.07, 6.45) is 0.794. The summed E-state index contributed by atoms with van der Waals surface area (Å²) in [7, 11) is -3.43. The van der Waals surface area contributed by atoms with Crippen LogP contribution in [0.5, 0.6) is 0 Å². The van der Waals surface area contributed by atoms with Crippen LogP contribution in [0.2, 0.25) is 0 Å². The molecule has 0 saturated carbocycles. The van der Waals surface area contributed by atoms with Crippen molar-refractivity contribution in [2.24, 2.45) is 0 Å². The van der Waals surface area contributed by atoms with E-state index in [0.717, 1.165) is 11.8 Å². The Morgan fingerprint density at radius 3 is 2.59 bits per heavy atom. The third-order valence-corrected chi connectivity index (χ3v) is 4.28. The predicted molar refractivity (Wildman–Crippen MR) is 79.1 cm³/mol. The molecule has 1 amide bonds. The molecule has 0 unspecified atom stereocenters. The van der Waals surface area contributed by atoms with Crippen LogP contribution >= 0.6 is 0 Å². The standard InChI is InChI=1S/C14H19FN2O4S/c1-22(20,21)16-12-8-17(9-13(12)18)14(19)7-4-10-2-5-11(15)6-3-10/h2-3,5-6,12-13,16,18H,4,7-9H2,1H3/t12-,13-/m1/s1. The van der Waals surface area contributed by atoms with E-state index in [-0.39, 0.29) is 31.2 Å². The Labute approximate surface area is 129 Å². The predicted octanol–water partition coefficient (Wildman–Crippen LogP) is -0.121. The molecule has 6 nitrogen and oxygen atoms in total. The summed E-state index contributed by atoms with van der Waals surface area (Å²) < 4.78 is 37.5. The minimum atomic E-state index is -3.43. The summed E-state index contributed by atoms with van der Waals surface area (Å²) in [6.45, 7) is 0.256. The molecule has 0 bridgehead atoms. The highest BCUT2D eigenvalue weighted by Gasteiger charge is 2.35. The van der Waals surface area contributed by atoms with Crippen molar-refractivity contribution in [3.8, 4) is 0 Å². The summed E-state index contributed by atoms with van der Waals surface area (Å²) in [5.74, 6) is -0.492. The Morgan fingerprint density at radius 2 is 2.00 bits per heavy atom. The van der Waals surface area contributed by atoms with Crippen molar-refractivity contribution in [2.45, 2.75) is 25.0 Å². The lowest BCUT2D eigenvalue weighted by molar-refractivity contribution is -0.130. The van der Waals surface area contributed by atoms with E-state index in [0.29, 0.717) is 6.42 Å². The van der Waals surface area contributed by atoms with Gasteiger partial charge in [-0.3, -0.25) is 4.79 Å². The molecule has 1 aromatic carbocycles. The van der Waals surface area contributed by atoms with E-state index in [1.54, 1.807) is 12.1 Å². The molecule has 0 aliphatic carbocycles. The average molecular weight is 330 g/mol. The maximum Gasteiger partial charge on any atom is 0.223 e. The van der Waals surface area contributed by atoms with Crippen molar-refractivity contribution >= 4 is 15.9 Å². The number of aliphatic hydroxyl groups excluding tert-OH is 1. The molecule has 0 aromatic heterocycles. The number of amides is 1. The molecule has 1 aliphatic rings. The molecule has 1 fully saturated rings. The van der Waals surface area contributed by atoms with Crippen LogP contribution in [0.1, 0.15) is 12.0 Å². The van der Waals surface area contributed by atoms with Gasteiger partial charge in [0.2, 0.25) is 15.9 Å². The fourth-order valence-corrected chi connectivity index (χ4v) is 3.22. The second-order valence-corrected chi connectivity index (χ2v) is 7.27. The maximum atomic E-state index is 12.8. The molecule has 0 spiro atoms. The van der Waals surface area contributed by atoms with Crippen LogP contribution in [-0.2, 0) is 21.2 Å². The number of β-amino-alcohol motifs (C(OH)–C–C–N with tert-alkyl or cyclic N) is 1. The Bertz CT molecular complexity index is 633. The van der Waals surface area contributed by atoms with Crippen molar-refractivity contribution in [2.75, 3.05) is 19.3 Å². The highest BCUT2D eigenvalue weighted by atomic mass is 32.2. The van der Waals surface area contributed by atoms with Crippen LogP contribution in [0.4, 0.5) is 4.39 Å². The Balaban J connectivity index is 1.87. The van der Waals surface area contributed by atoms with Gasteiger partial charge in [-0.25, -0.2) is 17.5 Å². The summed E-state index contributed by atoms with van der Waals surface area (Å²) in [5.41, 5.74) is 0.848. The highest BCUT2D eigenvalue weighted by Crippen LogP contribution is 2.14. The van der Waals surface area contributed by atoms with E-state index in [2.05, 4.69) is 4.72 Å². The van der Waals surface area contributed by atoms with Crippen LogP contribution < -0.4 is 4.72 Å². The number of sulfonamides is 1. The first kappa shape index (κ1) is 16.9. The fourth-order valence-electron chi connectivity index (χ4n) is 2.44. The lowest BCUT2D eigenvalue weighted by Crippen LogP contribution is -2.42. The van der Waals surface area contributed by atoms with Crippen molar-refractivity contribution < 1.29 is 22.7 Å². The number of likely N-dealkylation sites (tertiary alicyclic amines) is 1. The molecular formula is C14H19FN2O4S. The van der Waals surface area contributed by atoms with E-state index in [1.807, 2.05) is 0 Å². The third kappa shape index (κ3) is 4.75. The van der Waals surface area contributed by atoms with Gasteiger partial charge in [-0.05, 0) is 24.1 Å². The SMILES string of the molecule is CS(=O)(=O)N[C@@H]1CN(C(=O)CCc2ccc(F)cc2)C[C@H]1O. The average Bonchev–Trinajstić information content (AvgIpc) is 2.77. The van der Waals surface area contributed by atoms with Crippen LogP contribution in [-0.4, -0.2) is 55.8 Å². The number of halogens is 1. The van der Waals surface area contributed by atoms with Gasteiger partial charge in [0.15, 0.2) is 0 Å². The Hall–Kier alpha value is -1.51. The lowest BCUT2D eigenvalue weighted by Gasteiger charge is -2.16. The van der Waals surface area contributed by atoms with E-state index in [9.17, 15) is 22.7 Å². The molecule has 122 valence electrons. The van der Waals surface area contributed by atoms with Crippen LogP contribution in [0.15, 0.2) is 24.3 Å². The molecule has 0 radical (unpaired) electrons. The number of hydrogen-bond donors (Lipinski definition) is 2. The van der Waals surface area contributed by atoms with E-state index in [4.69, 9.17) is 0 Å². The van der Waals surface area contributed by atoms with Crippen LogP contribution in [0.25, 0.3) is 0 Å². The van der Waals surface area contributed by atoms with Crippen molar-refractivity contribution in [1.29, 1.82) is 0 Å². The number of hydrogen-bond acceptors (Lipinski definition) is 4. The van der Waals surface area contributed by atoms with Crippen LogP contribution in [0, 0.1) is 5.82 Å². The molecule has 22 heavy (non-hydrogen) atoms. The largest absolute Gasteiger partial charge is 0.390 e. The summed E-state index contributed by atoms with van der Waals surface area (Å²) in [5, 5.41) is 9.82. The first-order valence-corrected chi connectivity index (χ1v) is 8.81. The zero-order valence-corrected chi connectivity index (χ0v) is 13.0. The van der Waals surface area contributed by atoms with Crippen molar-refractivity contribution in [3.05, 3.63) is 35.6 Å². The van der Waals surface area contributed by atoms with Gasteiger partial charge in [0, 0.05) is 19.5 Å². The number of aliphatic hydroxyl groups is 1. The van der Waals surface area contributed by atoms with Gasteiger partial charge >= 0.3 is 0 Å². The molecule has 1 saturated heterocycles. The lowest BCUT2D eigenvalue weighted by atomic mass is 10.1. The molecule has 2 N–H and O–H groups in total. The monoisotopic (exact) mass is 330 g/mol. The van der Waals surface area contributed by atoms with Crippen molar-refractivity contribution in [1.82, 2.24) is 9.62 Å². The first-order valence-electron chi connectivity index (χ1n) is 6.92. The summed E-state index contributed by atoms with van der Waals surface area (Å²) in [6, 6.07) is 5.24. The van der Waals surface area contributed by atoms with Gasteiger partial charge in [-0.15, -0.1) is 0 Å². The number of rotatable bonds is 5. The first-order chi connectivity index (χ1) is 10.2. The molecule has 2 rings (SSSR count). The molecular weight excluding hydrogens is 311 g/mol. The van der Waals surface area contributed by atoms with E-state index < -0.39 is 22.2 Å². The number of aryl methyl sites for hydroxylation is 1. The quantitative estimate of drug-likeness (QED) is 0.788. The fraction of sp³-hybridized carbons (Fsp3) is 0.500. The minimum absolute atomic E-state index is 0.107. The second kappa shape index (κ2) is 6.72. The number of nitrogens with zero attached hydrogens (tertiary/aromatic N) is 1. The number of carbonyl (C=O) groups excluding carboxylic acids is 1. The number of nitrogens with one attached hydrogen (secondary N) is 1. The van der Waals surface area contributed by atoms with Gasteiger partial charge in [-0.2, -0.15) is 0 Å². The molecule has 1 aromatic rings. The van der Waals surface area contributed by atoms with Gasteiger partial charge in [0.25, 0.3) is 0 Å². The van der Waals surface area contributed by atoms with Crippen LogP contribution in [0.3, 0.4) is 0 Å². The smallest absolute Gasteiger partial charge is 0.223 e.